The number of aromatic amines is 1. The minimum Gasteiger partial charge on any atom is -0.331 e. The van der Waals surface area contributed by atoms with Crippen molar-refractivity contribution in [2.24, 2.45) is 0 Å². The van der Waals surface area contributed by atoms with Gasteiger partial charge < -0.3 is 4.98 Å². The molecule has 2 N–H and O–H groups in total. The largest absolute Gasteiger partial charge is 0.331 e. The summed E-state index contributed by atoms with van der Waals surface area (Å²) in [6.07, 6.45) is 0. The maximum absolute atomic E-state index is 14.2. The summed E-state index contributed by atoms with van der Waals surface area (Å²) in [5.41, 5.74) is 1.11. The number of para-hydroxylation sites is 1. The Hall–Kier alpha value is -3.47. The van der Waals surface area contributed by atoms with Gasteiger partial charge in [0.2, 0.25) is 0 Å². The number of amides is 1. The van der Waals surface area contributed by atoms with E-state index in [0.717, 1.165) is 15.1 Å². The Morgan fingerprint density at radius 2 is 1.97 bits per heavy atom. The minimum atomic E-state index is -0.560. The molecule has 3 aromatic heterocycles. The van der Waals surface area contributed by atoms with Gasteiger partial charge in [0, 0.05) is 10.9 Å². The first-order valence-corrected chi connectivity index (χ1v) is 11.5. The Bertz CT molecular complexity index is 1590. The number of nitrogens with one attached hydrogen (secondary N) is 2. The first-order valence-electron chi connectivity index (χ1n) is 9.36. The lowest BCUT2D eigenvalue weighted by atomic mass is 10.1. The number of nitrogens with zero attached hydrogens (tertiary/aromatic N) is 2. The predicted molar refractivity (Wildman–Crippen MR) is 128 cm³/mol. The molecule has 0 fully saturated rings. The van der Waals surface area contributed by atoms with Crippen LogP contribution >= 0.6 is 34.9 Å². The third-order valence-corrected chi connectivity index (χ3v) is 6.69. The quantitative estimate of drug-likeness (QED) is 0.327. The molecule has 0 unspecified atom stereocenters. The van der Waals surface area contributed by atoms with Crippen LogP contribution in [0.2, 0.25) is 0 Å². The third-order valence-electron chi connectivity index (χ3n) is 4.75. The molecule has 0 atom stereocenters. The van der Waals surface area contributed by atoms with E-state index < -0.39 is 11.4 Å². The molecule has 5 rings (SSSR count). The summed E-state index contributed by atoms with van der Waals surface area (Å²) in [5.74, 6) is -0.925. The summed E-state index contributed by atoms with van der Waals surface area (Å²) in [6, 6.07) is 14.4. The molecule has 0 aliphatic rings. The summed E-state index contributed by atoms with van der Waals surface area (Å²) in [5, 5.41) is 7.38. The minimum absolute atomic E-state index is 0.0330. The van der Waals surface area contributed by atoms with E-state index in [2.05, 4.69) is 15.3 Å². The van der Waals surface area contributed by atoms with Crippen LogP contribution in [-0.2, 0) is 0 Å². The van der Waals surface area contributed by atoms with Crippen LogP contribution in [0, 0.1) is 10.6 Å². The van der Waals surface area contributed by atoms with Crippen molar-refractivity contribution in [3.8, 4) is 16.3 Å². The average Bonchev–Trinajstić information content (AvgIpc) is 3.46. The third kappa shape index (κ3) is 3.68. The Labute approximate surface area is 193 Å². The predicted octanol–water partition coefficient (Wildman–Crippen LogP) is 5.62. The molecule has 0 spiro atoms. The van der Waals surface area contributed by atoms with Crippen LogP contribution in [0.1, 0.15) is 10.4 Å². The van der Waals surface area contributed by atoms with Crippen LogP contribution in [0.5, 0.6) is 0 Å². The number of carbonyl (C=O) groups excluding carboxylic acids is 1. The van der Waals surface area contributed by atoms with Gasteiger partial charge in [0.25, 0.3) is 11.5 Å². The van der Waals surface area contributed by atoms with Crippen LogP contribution in [0.25, 0.3) is 27.2 Å². The number of benzene rings is 2. The Balaban J connectivity index is 1.48. The van der Waals surface area contributed by atoms with Crippen LogP contribution in [0.15, 0.2) is 70.2 Å². The second-order valence-electron chi connectivity index (χ2n) is 6.75. The van der Waals surface area contributed by atoms with Gasteiger partial charge in [-0.05, 0) is 54.0 Å². The van der Waals surface area contributed by atoms with Gasteiger partial charge in [-0.1, -0.05) is 18.2 Å². The molecular formula is C22H13FN4O2S3. The highest BCUT2D eigenvalue weighted by Gasteiger charge is 2.15. The van der Waals surface area contributed by atoms with Gasteiger partial charge in [0.05, 0.1) is 27.2 Å². The van der Waals surface area contributed by atoms with Crippen molar-refractivity contribution in [1.29, 1.82) is 0 Å². The first-order chi connectivity index (χ1) is 15.5. The number of halogens is 1. The highest BCUT2D eigenvalue weighted by molar-refractivity contribution is 7.71. The smallest absolute Gasteiger partial charge is 0.266 e. The van der Waals surface area contributed by atoms with Gasteiger partial charge in [-0.25, -0.2) is 13.9 Å². The number of carbonyl (C=O) groups is 1. The van der Waals surface area contributed by atoms with Gasteiger partial charge in [0.15, 0.2) is 9.90 Å². The maximum atomic E-state index is 14.2. The van der Waals surface area contributed by atoms with Crippen LogP contribution in [-0.4, -0.2) is 20.4 Å². The van der Waals surface area contributed by atoms with Crippen molar-refractivity contribution in [1.82, 2.24) is 14.5 Å². The number of thiophene rings is 1. The fourth-order valence-electron chi connectivity index (χ4n) is 3.25. The molecule has 6 nitrogen and oxygen atoms in total. The summed E-state index contributed by atoms with van der Waals surface area (Å²) in [6.45, 7) is 0. The average molecular weight is 481 g/mol. The number of aromatic nitrogens is 3. The lowest BCUT2D eigenvalue weighted by Crippen LogP contribution is -2.22. The molecule has 3 heterocycles. The molecule has 0 bridgehead atoms. The zero-order valence-electron chi connectivity index (χ0n) is 16.2. The number of thiazole rings is 1. The summed E-state index contributed by atoms with van der Waals surface area (Å²) in [7, 11) is 0. The first kappa shape index (κ1) is 20.4. The van der Waals surface area contributed by atoms with Crippen LogP contribution in [0.4, 0.5) is 9.52 Å². The Kier molecular flexibility index (Phi) is 5.25. The normalized spacial score (nSPS) is 11.0. The number of H-pyrrole nitrogens is 1. The Morgan fingerprint density at radius 3 is 2.75 bits per heavy atom. The molecule has 1 amide bonds. The van der Waals surface area contributed by atoms with E-state index >= 15 is 0 Å². The molecule has 32 heavy (non-hydrogen) atoms. The second kappa shape index (κ2) is 8.23. The SMILES string of the molecule is O=C(Nc1nc(-c2cccs2)cs1)c1ccc2c(=O)n(-c3ccccc3F)c(=S)[nH]c2c1. The molecule has 10 heteroatoms. The van der Waals surface area contributed by atoms with E-state index in [0.29, 0.717) is 16.2 Å². The molecule has 0 aliphatic heterocycles. The molecule has 0 radical (unpaired) electrons. The van der Waals surface area contributed by atoms with E-state index in [1.54, 1.807) is 23.5 Å². The number of hydrogen-bond acceptors (Lipinski definition) is 6. The second-order valence-corrected chi connectivity index (χ2v) is 8.94. The van der Waals surface area contributed by atoms with Crippen molar-refractivity contribution in [2.45, 2.75) is 0 Å². The lowest BCUT2D eigenvalue weighted by Gasteiger charge is -2.10. The van der Waals surface area contributed by atoms with Crippen molar-refractivity contribution in [3.05, 3.63) is 91.9 Å². The Morgan fingerprint density at radius 1 is 1.12 bits per heavy atom. The highest BCUT2D eigenvalue weighted by atomic mass is 32.1. The van der Waals surface area contributed by atoms with Crippen molar-refractivity contribution in [2.75, 3.05) is 5.32 Å². The zero-order chi connectivity index (χ0) is 22.2. The fraction of sp³-hybridized carbons (Fsp3) is 0. The summed E-state index contributed by atoms with van der Waals surface area (Å²) in [4.78, 5) is 34.1. The topological polar surface area (TPSA) is 79.8 Å². The van der Waals surface area contributed by atoms with Gasteiger partial charge in [-0.3, -0.25) is 14.9 Å². The molecule has 5 aromatic rings. The van der Waals surface area contributed by atoms with Gasteiger partial charge in [-0.15, -0.1) is 22.7 Å². The van der Waals surface area contributed by atoms with Crippen molar-refractivity contribution < 1.29 is 9.18 Å². The molecule has 158 valence electrons. The molecule has 2 aromatic carbocycles. The summed E-state index contributed by atoms with van der Waals surface area (Å²) >= 11 is 8.20. The van der Waals surface area contributed by atoms with E-state index in [9.17, 15) is 14.0 Å². The van der Waals surface area contributed by atoms with Gasteiger partial charge >= 0.3 is 0 Å². The highest BCUT2D eigenvalue weighted by Crippen LogP contribution is 2.28. The molecule has 0 saturated carbocycles. The van der Waals surface area contributed by atoms with Crippen LogP contribution in [0.3, 0.4) is 0 Å². The molecule has 0 aliphatic carbocycles. The fourth-order valence-corrected chi connectivity index (χ4v) is 5.01. The number of hydrogen-bond donors (Lipinski definition) is 2. The maximum Gasteiger partial charge on any atom is 0.266 e. The van der Waals surface area contributed by atoms with E-state index in [1.165, 1.54) is 41.7 Å². The van der Waals surface area contributed by atoms with E-state index in [4.69, 9.17) is 12.2 Å². The van der Waals surface area contributed by atoms with Gasteiger partial charge in [-0.2, -0.15) is 0 Å². The lowest BCUT2D eigenvalue weighted by molar-refractivity contribution is 0.102. The standard InChI is InChI=1S/C22H13FN4O2S3/c23-14-4-1-2-5-17(14)27-20(29)13-8-7-12(10-15(13)25-22(27)30)19(28)26-21-24-16(11-32-21)18-6-3-9-31-18/h1-11H,(H,25,30)(H,24,26,28). The number of anilines is 1. The van der Waals surface area contributed by atoms with Gasteiger partial charge in [0.1, 0.15) is 5.82 Å². The van der Waals surface area contributed by atoms with Crippen molar-refractivity contribution in [3.63, 3.8) is 0 Å². The number of rotatable bonds is 4. The molecule has 0 saturated heterocycles. The van der Waals surface area contributed by atoms with E-state index in [-0.39, 0.29) is 21.8 Å². The molecular weight excluding hydrogens is 467 g/mol. The number of fused-ring (bicyclic) bond motifs is 1. The van der Waals surface area contributed by atoms with Crippen molar-refractivity contribution >= 4 is 56.8 Å². The monoisotopic (exact) mass is 480 g/mol. The summed E-state index contributed by atoms with van der Waals surface area (Å²) < 4.78 is 15.4. The van der Waals surface area contributed by atoms with E-state index in [1.807, 2.05) is 22.9 Å². The van der Waals surface area contributed by atoms with Crippen LogP contribution < -0.4 is 10.9 Å². The zero-order valence-corrected chi connectivity index (χ0v) is 18.6.